The Morgan fingerprint density at radius 3 is 1.27 bits per heavy atom. The highest BCUT2D eigenvalue weighted by Crippen LogP contribution is 2.31. The minimum Gasteiger partial charge on any atom is -0.496 e. The number of hydrogen-bond donors (Lipinski definition) is 0. The maximum Gasteiger partial charge on any atom is 0.129 e. The molecule has 0 radical (unpaired) electrons. The molecule has 44 heavy (non-hydrogen) atoms. The summed E-state index contributed by atoms with van der Waals surface area (Å²) >= 11 is 0. The van der Waals surface area contributed by atoms with Gasteiger partial charge >= 0.3 is 0 Å². The average Bonchev–Trinajstić information content (AvgIpc) is 3.06. The minimum atomic E-state index is 0.446. The van der Waals surface area contributed by atoms with Crippen LogP contribution in [0.1, 0.15) is 33.4 Å². The summed E-state index contributed by atoms with van der Waals surface area (Å²) in [5, 5.41) is 0. The van der Waals surface area contributed by atoms with Gasteiger partial charge in [-0.15, -0.1) is 0 Å². The summed E-state index contributed by atoms with van der Waals surface area (Å²) in [5.41, 5.74) is 6.28. The average molecular weight is 595 g/mol. The predicted molar refractivity (Wildman–Crippen MR) is 177 cm³/mol. The van der Waals surface area contributed by atoms with Gasteiger partial charge in [0.05, 0.1) is 40.6 Å². The van der Waals surface area contributed by atoms with Gasteiger partial charge in [0.2, 0.25) is 0 Å². The molecule has 6 heteroatoms. The van der Waals surface area contributed by atoms with Crippen LogP contribution in [0.5, 0.6) is 23.0 Å². The van der Waals surface area contributed by atoms with Crippen LogP contribution in [0.3, 0.4) is 0 Å². The molecule has 0 aliphatic heterocycles. The molecule has 0 aliphatic rings. The standard InChI is InChI=1S/C38H42O6/c1-5-29-15-11-17-33(37(29)39-3)27-31-13-7-9-19-35(31)43-25-23-41-21-22-42-24-26-44-36-20-10-8-14-32(36)28-34-18-12-16-30(6-2)38(34)40-4/h5-20H,1-2,21-28H2,3-4H3. The van der Waals surface area contributed by atoms with Crippen LogP contribution in [0.15, 0.2) is 98.1 Å². The monoisotopic (exact) mass is 594 g/mol. The zero-order chi connectivity index (χ0) is 31.0. The Morgan fingerprint density at radius 2 is 0.864 bits per heavy atom. The molecule has 0 aliphatic carbocycles. The number of methoxy groups -OCH3 is 2. The van der Waals surface area contributed by atoms with Crippen LogP contribution in [0.4, 0.5) is 0 Å². The lowest BCUT2D eigenvalue weighted by Crippen LogP contribution is -2.14. The second-order valence-electron chi connectivity index (χ2n) is 9.98. The molecule has 0 N–H and O–H groups in total. The van der Waals surface area contributed by atoms with Gasteiger partial charge < -0.3 is 28.4 Å². The third-order valence-electron chi connectivity index (χ3n) is 7.15. The fourth-order valence-electron chi connectivity index (χ4n) is 5.04. The first-order chi connectivity index (χ1) is 21.7. The van der Waals surface area contributed by atoms with Gasteiger partial charge in [-0.25, -0.2) is 0 Å². The van der Waals surface area contributed by atoms with E-state index in [2.05, 4.69) is 37.4 Å². The van der Waals surface area contributed by atoms with Crippen LogP contribution >= 0.6 is 0 Å². The maximum atomic E-state index is 6.06. The first-order valence-electron chi connectivity index (χ1n) is 14.8. The Hall–Kier alpha value is -4.52. The van der Waals surface area contributed by atoms with Crippen LogP contribution < -0.4 is 18.9 Å². The molecule has 0 heterocycles. The lowest BCUT2D eigenvalue weighted by Gasteiger charge is -2.15. The molecule has 0 unspecified atom stereocenters. The van der Waals surface area contributed by atoms with Crippen molar-refractivity contribution in [2.75, 3.05) is 53.9 Å². The molecule has 4 rings (SSSR count). The van der Waals surface area contributed by atoms with E-state index < -0.39 is 0 Å². The second kappa shape index (κ2) is 17.6. The molecule has 6 nitrogen and oxygen atoms in total. The fraction of sp³-hybridized carbons (Fsp3) is 0.263. The second-order valence-corrected chi connectivity index (χ2v) is 9.98. The molecule has 0 atom stereocenters. The molecule has 4 aromatic rings. The highest BCUT2D eigenvalue weighted by Gasteiger charge is 2.12. The number of para-hydroxylation sites is 4. The van der Waals surface area contributed by atoms with Gasteiger partial charge in [0.1, 0.15) is 36.2 Å². The van der Waals surface area contributed by atoms with Gasteiger partial charge in [-0.1, -0.05) is 98.1 Å². The van der Waals surface area contributed by atoms with Crippen molar-refractivity contribution in [2.24, 2.45) is 0 Å². The topological polar surface area (TPSA) is 55.4 Å². The quantitative estimate of drug-likeness (QED) is 0.104. The summed E-state index contributed by atoms with van der Waals surface area (Å²) in [7, 11) is 3.37. The van der Waals surface area contributed by atoms with E-state index >= 15 is 0 Å². The summed E-state index contributed by atoms with van der Waals surface area (Å²) in [6.07, 6.45) is 5.00. The van der Waals surface area contributed by atoms with E-state index in [1.165, 1.54) is 0 Å². The van der Waals surface area contributed by atoms with E-state index in [0.717, 1.165) is 56.4 Å². The van der Waals surface area contributed by atoms with Crippen molar-refractivity contribution in [3.05, 3.63) is 131 Å². The van der Waals surface area contributed by atoms with Gasteiger partial charge in [-0.05, 0) is 34.4 Å². The van der Waals surface area contributed by atoms with Gasteiger partial charge in [-0.2, -0.15) is 0 Å². The Kier molecular flexibility index (Phi) is 12.9. The van der Waals surface area contributed by atoms with Crippen LogP contribution in [-0.2, 0) is 22.3 Å². The molecule has 0 fully saturated rings. The van der Waals surface area contributed by atoms with Crippen molar-refractivity contribution in [2.45, 2.75) is 12.8 Å². The molecule has 0 aromatic heterocycles. The Labute approximate surface area is 261 Å². The molecule has 0 amide bonds. The third-order valence-corrected chi connectivity index (χ3v) is 7.15. The van der Waals surface area contributed by atoms with Gasteiger partial charge in [-0.3, -0.25) is 0 Å². The van der Waals surface area contributed by atoms with Crippen molar-refractivity contribution in [3.63, 3.8) is 0 Å². The molecule has 230 valence electrons. The molecule has 4 aromatic carbocycles. The maximum absolute atomic E-state index is 6.06. The Balaban J connectivity index is 1.15. The van der Waals surface area contributed by atoms with Gasteiger partial charge in [0.25, 0.3) is 0 Å². The fourth-order valence-corrected chi connectivity index (χ4v) is 5.04. The molecule has 0 spiro atoms. The first kappa shape index (κ1) is 32.4. The molecule has 0 saturated heterocycles. The number of rotatable bonds is 19. The number of benzene rings is 4. The number of hydrogen-bond acceptors (Lipinski definition) is 6. The van der Waals surface area contributed by atoms with Gasteiger partial charge in [0, 0.05) is 24.0 Å². The predicted octanol–water partition coefficient (Wildman–Crippen LogP) is 7.66. The first-order valence-corrected chi connectivity index (χ1v) is 14.8. The highest BCUT2D eigenvalue weighted by atomic mass is 16.6. The van der Waals surface area contributed by atoms with Crippen molar-refractivity contribution >= 4 is 12.2 Å². The Morgan fingerprint density at radius 1 is 0.477 bits per heavy atom. The molecule has 0 bridgehead atoms. The summed E-state index contributed by atoms with van der Waals surface area (Å²) in [5.74, 6) is 3.35. The van der Waals surface area contributed by atoms with Crippen LogP contribution in [0.2, 0.25) is 0 Å². The van der Waals surface area contributed by atoms with Crippen molar-refractivity contribution in [1.29, 1.82) is 0 Å². The normalized spacial score (nSPS) is 10.7. The molecular formula is C38H42O6. The highest BCUT2D eigenvalue weighted by molar-refractivity contribution is 5.60. The van der Waals surface area contributed by atoms with E-state index in [1.807, 2.05) is 72.8 Å². The van der Waals surface area contributed by atoms with E-state index in [-0.39, 0.29) is 0 Å². The van der Waals surface area contributed by atoms with Crippen molar-refractivity contribution < 1.29 is 28.4 Å². The zero-order valence-corrected chi connectivity index (χ0v) is 25.8. The largest absolute Gasteiger partial charge is 0.496 e. The minimum absolute atomic E-state index is 0.446. The van der Waals surface area contributed by atoms with Crippen LogP contribution in [0.25, 0.3) is 12.2 Å². The Bertz CT molecular complexity index is 1380. The zero-order valence-electron chi connectivity index (χ0n) is 25.8. The van der Waals surface area contributed by atoms with Gasteiger partial charge in [0.15, 0.2) is 0 Å². The third kappa shape index (κ3) is 8.99. The van der Waals surface area contributed by atoms with Crippen LogP contribution in [-0.4, -0.2) is 53.9 Å². The lowest BCUT2D eigenvalue weighted by atomic mass is 10.0. The van der Waals surface area contributed by atoms with Crippen molar-refractivity contribution in [1.82, 2.24) is 0 Å². The SMILES string of the molecule is C=Cc1cccc(Cc2ccccc2OCCOCCOCCOc2ccccc2Cc2cccc(C=C)c2OC)c1OC. The summed E-state index contributed by atoms with van der Waals surface area (Å²) in [6, 6.07) is 28.2. The van der Waals surface area contributed by atoms with Crippen molar-refractivity contribution in [3.8, 4) is 23.0 Å². The van der Waals surface area contributed by atoms with E-state index in [4.69, 9.17) is 28.4 Å². The molecular weight excluding hydrogens is 552 g/mol. The van der Waals surface area contributed by atoms with E-state index in [0.29, 0.717) is 52.5 Å². The van der Waals surface area contributed by atoms with Crippen LogP contribution in [0, 0.1) is 0 Å². The summed E-state index contributed by atoms with van der Waals surface area (Å²) in [6.45, 7) is 10.6. The molecule has 0 saturated carbocycles. The van der Waals surface area contributed by atoms with E-state index in [1.54, 1.807) is 14.2 Å². The summed E-state index contributed by atoms with van der Waals surface area (Å²) < 4.78 is 34.9. The number of ether oxygens (including phenoxy) is 6. The summed E-state index contributed by atoms with van der Waals surface area (Å²) in [4.78, 5) is 0. The van der Waals surface area contributed by atoms with E-state index in [9.17, 15) is 0 Å². The lowest BCUT2D eigenvalue weighted by molar-refractivity contribution is 0.0272. The smallest absolute Gasteiger partial charge is 0.129 e.